The number of hydrogen-bond acceptors (Lipinski definition) is 2. The third-order valence-electron chi connectivity index (χ3n) is 2.03. The van der Waals surface area contributed by atoms with E-state index in [4.69, 9.17) is 4.74 Å². The first-order valence-corrected chi connectivity index (χ1v) is 6.09. The van der Waals surface area contributed by atoms with Gasteiger partial charge in [0.25, 0.3) is 0 Å². The van der Waals surface area contributed by atoms with Crippen LogP contribution in [0.3, 0.4) is 0 Å². The van der Waals surface area contributed by atoms with Crippen molar-refractivity contribution in [1.82, 2.24) is 0 Å². The lowest BCUT2D eigenvalue weighted by molar-refractivity contribution is -0.143. The standard InChI is InChI=1S/C11H10F3IO2/c1-2-17-10(16)9(15)7-5-3-4-6-8(7)11(12,13)14/h3-6,9H,2H2,1H3. The van der Waals surface area contributed by atoms with Gasteiger partial charge < -0.3 is 4.74 Å². The van der Waals surface area contributed by atoms with Crippen molar-refractivity contribution in [2.24, 2.45) is 0 Å². The van der Waals surface area contributed by atoms with Crippen molar-refractivity contribution in [3.8, 4) is 0 Å². The van der Waals surface area contributed by atoms with Crippen molar-refractivity contribution in [1.29, 1.82) is 0 Å². The summed E-state index contributed by atoms with van der Waals surface area (Å²) in [6, 6.07) is 5.01. The number of carbonyl (C=O) groups excluding carboxylic acids is 1. The van der Waals surface area contributed by atoms with E-state index in [-0.39, 0.29) is 12.2 Å². The summed E-state index contributed by atoms with van der Waals surface area (Å²) in [7, 11) is 0. The molecule has 0 radical (unpaired) electrons. The average molecular weight is 358 g/mol. The Hall–Kier alpha value is -0.790. The zero-order chi connectivity index (χ0) is 13.1. The number of rotatable bonds is 3. The molecule has 1 unspecified atom stereocenters. The lowest BCUT2D eigenvalue weighted by Crippen LogP contribution is -2.16. The van der Waals surface area contributed by atoms with E-state index in [1.54, 1.807) is 29.5 Å². The zero-order valence-electron chi connectivity index (χ0n) is 8.92. The first-order valence-electron chi connectivity index (χ1n) is 4.84. The number of hydrogen-bond donors (Lipinski definition) is 0. The maximum Gasteiger partial charge on any atom is 0.416 e. The highest BCUT2D eigenvalue weighted by Gasteiger charge is 2.36. The number of carbonyl (C=O) groups is 1. The quantitative estimate of drug-likeness (QED) is 0.468. The Kier molecular flexibility index (Phi) is 4.79. The summed E-state index contributed by atoms with van der Waals surface area (Å²) in [5.74, 6) is -0.662. The van der Waals surface area contributed by atoms with Crippen LogP contribution in [0.15, 0.2) is 24.3 Å². The predicted octanol–water partition coefficient (Wildman–Crippen LogP) is 3.74. The van der Waals surface area contributed by atoms with Gasteiger partial charge in [0, 0.05) is 0 Å². The number of benzene rings is 1. The Balaban J connectivity index is 3.09. The number of alkyl halides is 4. The maximum atomic E-state index is 12.7. The first-order chi connectivity index (χ1) is 7.88. The SMILES string of the molecule is CCOC(=O)C(I)c1ccccc1C(F)(F)F. The van der Waals surface area contributed by atoms with Crippen LogP contribution in [0.2, 0.25) is 0 Å². The molecule has 0 aromatic heterocycles. The van der Waals surface area contributed by atoms with Gasteiger partial charge in [0.1, 0.15) is 3.92 Å². The molecule has 0 N–H and O–H groups in total. The molecule has 94 valence electrons. The van der Waals surface area contributed by atoms with E-state index in [2.05, 4.69) is 0 Å². The van der Waals surface area contributed by atoms with Gasteiger partial charge in [-0.15, -0.1) is 0 Å². The molecule has 0 aliphatic carbocycles. The minimum atomic E-state index is -4.47. The van der Waals surface area contributed by atoms with Crippen molar-refractivity contribution >= 4 is 28.6 Å². The topological polar surface area (TPSA) is 26.3 Å². The van der Waals surface area contributed by atoms with Gasteiger partial charge in [-0.2, -0.15) is 13.2 Å². The summed E-state index contributed by atoms with van der Waals surface area (Å²) >= 11 is 1.65. The van der Waals surface area contributed by atoms with Crippen molar-refractivity contribution < 1.29 is 22.7 Å². The van der Waals surface area contributed by atoms with Crippen molar-refractivity contribution in [3.05, 3.63) is 35.4 Å². The summed E-state index contributed by atoms with van der Waals surface area (Å²) in [4.78, 5) is 11.4. The van der Waals surface area contributed by atoms with Gasteiger partial charge in [-0.3, -0.25) is 4.79 Å². The van der Waals surface area contributed by atoms with Gasteiger partial charge in [-0.05, 0) is 18.6 Å². The van der Waals surface area contributed by atoms with Gasteiger partial charge in [0.15, 0.2) is 0 Å². The largest absolute Gasteiger partial charge is 0.465 e. The van der Waals surface area contributed by atoms with Gasteiger partial charge >= 0.3 is 12.1 Å². The van der Waals surface area contributed by atoms with Crippen molar-refractivity contribution in [2.45, 2.75) is 17.0 Å². The van der Waals surface area contributed by atoms with E-state index in [9.17, 15) is 18.0 Å². The van der Waals surface area contributed by atoms with E-state index in [0.717, 1.165) is 6.07 Å². The molecule has 1 aromatic carbocycles. The van der Waals surface area contributed by atoms with Gasteiger partial charge in [0.05, 0.1) is 12.2 Å². The molecule has 0 amide bonds. The van der Waals surface area contributed by atoms with E-state index >= 15 is 0 Å². The van der Waals surface area contributed by atoms with Crippen LogP contribution in [0.5, 0.6) is 0 Å². The van der Waals surface area contributed by atoms with E-state index in [1.165, 1.54) is 18.2 Å². The number of esters is 1. The van der Waals surface area contributed by atoms with Crippen molar-refractivity contribution in [3.63, 3.8) is 0 Å². The lowest BCUT2D eigenvalue weighted by Gasteiger charge is -2.15. The van der Waals surface area contributed by atoms with Crippen molar-refractivity contribution in [2.75, 3.05) is 6.61 Å². The molecule has 6 heteroatoms. The molecule has 17 heavy (non-hydrogen) atoms. The van der Waals surface area contributed by atoms with Crippen LogP contribution in [0, 0.1) is 0 Å². The van der Waals surface area contributed by atoms with E-state index < -0.39 is 21.6 Å². The minimum absolute atomic E-state index is 0.0703. The number of ether oxygens (including phenoxy) is 1. The highest BCUT2D eigenvalue weighted by molar-refractivity contribution is 14.1. The second-order valence-electron chi connectivity index (χ2n) is 3.20. The normalized spacial score (nSPS) is 13.2. The Bertz CT molecular complexity index is 404. The highest BCUT2D eigenvalue weighted by Crippen LogP contribution is 2.37. The fourth-order valence-electron chi connectivity index (χ4n) is 1.32. The molecule has 0 bridgehead atoms. The smallest absolute Gasteiger partial charge is 0.416 e. The highest BCUT2D eigenvalue weighted by atomic mass is 127. The molecule has 0 aliphatic heterocycles. The molecular formula is C11H10F3IO2. The maximum absolute atomic E-state index is 12.7. The third kappa shape index (κ3) is 3.58. The Morgan fingerprint density at radius 1 is 1.41 bits per heavy atom. The summed E-state index contributed by atoms with van der Waals surface area (Å²) in [5, 5.41) is 0. The minimum Gasteiger partial charge on any atom is -0.465 e. The second-order valence-corrected chi connectivity index (χ2v) is 4.45. The van der Waals surface area contributed by atoms with Gasteiger partial charge in [-0.1, -0.05) is 40.8 Å². The summed E-state index contributed by atoms with van der Waals surface area (Å²) < 4.78 is 41.9. The molecular weight excluding hydrogens is 348 g/mol. The molecule has 1 rings (SSSR count). The molecule has 2 nitrogen and oxygen atoms in total. The van der Waals surface area contributed by atoms with E-state index in [1.807, 2.05) is 0 Å². The van der Waals surface area contributed by atoms with Crippen LogP contribution in [0.4, 0.5) is 13.2 Å². The van der Waals surface area contributed by atoms with Gasteiger partial charge in [0.2, 0.25) is 0 Å². The molecule has 0 saturated carbocycles. The molecule has 1 atom stereocenters. The second kappa shape index (κ2) is 5.70. The zero-order valence-corrected chi connectivity index (χ0v) is 11.1. The van der Waals surface area contributed by atoms with Crippen LogP contribution >= 0.6 is 22.6 Å². The summed E-state index contributed by atoms with van der Waals surface area (Å²) in [6.45, 7) is 1.75. The fraction of sp³-hybridized carbons (Fsp3) is 0.364. The lowest BCUT2D eigenvalue weighted by atomic mass is 10.0. The third-order valence-corrected chi connectivity index (χ3v) is 3.21. The Morgan fingerprint density at radius 2 is 2.00 bits per heavy atom. The molecule has 0 saturated heterocycles. The molecule has 0 aliphatic rings. The Labute approximate surface area is 110 Å². The van der Waals surface area contributed by atoms with Crippen LogP contribution in [0.25, 0.3) is 0 Å². The van der Waals surface area contributed by atoms with Crippen LogP contribution in [-0.2, 0) is 15.7 Å². The summed E-state index contributed by atoms with van der Waals surface area (Å²) in [6.07, 6.45) is -4.47. The molecule has 0 heterocycles. The van der Waals surface area contributed by atoms with E-state index in [0.29, 0.717) is 0 Å². The predicted molar refractivity (Wildman–Crippen MR) is 64.8 cm³/mol. The van der Waals surface area contributed by atoms with Crippen LogP contribution < -0.4 is 0 Å². The molecule has 0 fully saturated rings. The van der Waals surface area contributed by atoms with Crippen LogP contribution in [-0.4, -0.2) is 12.6 Å². The monoisotopic (exact) mass is 358 g/mol. The average Bonchev–Trinajstić information content (AvgIpc) is 2.27. The summed E-state index contributed by atoms with van der Waals surface area (Å²) in [5.41, 5.74) is -0.869. The number of halogens is 4. The molecule has 0 spiro atoms. The van der Waals surface area contributed by atoms with Gasteiger partial charge in [-0.25, -0.2) is 0 Å². The molecule has 1 aromatic rings. The Morgan fingerprint density at radius 3 is 2.53 bits per heavy atom. The fourth-order valence-corrected chi connectivity index (χ4v) is 2.04. The first kappa shape index (κ1) is 14.3. The van der Waals surface area contributed by atoms with Crippen LogP contribution in [0.1, 0.15) is 22.0 Å².